The predicted octanol–water partition coefficient (Wildman–Crippen LogP) is 1.58. The molecule has 112 valence electrons. The molecule has 0 aromatic carbocycles. The summed E-state index contributed by atoms with van der Waals surface area (Å²) < 4.78 is 2.63. The fourth-order valence-corrected chi connectivity index (χ4v) is 2.76. The minimum absolute atomic E-state index is 0.116. The summed E-state index contributed by atoms with van der Waals surface area (Å²) >= 11 is 3.46. The van der Waals surface area contributed by atoms with Crippen molar-refractivity contribution in [1.82, 2.24) is 20.0 Å². The highest BCUT2D eigenvalue weighted by atomic mass is 79.9. The van der Waals surface area contributed by atoms with Crippen LogP contribution in [-0.4, -0.2) is 34.3 Å². The van der Waals surface area contributed by atoms with Crippen LogP contribution in [0.4, 0.5) is 0 Å². The highest BCUT2D eigenvalue weighted by molar-refractivity contribution is 9.10. The quantitative estimate of drug-likeness (QED) is 0.820. The third kappa shape index (κ3) is 3.41. The molecule has 2 rings (SSSR count). The van der Waals surface area contributed by atoms with Gasteiger partial charge in [-0.05, 0) is 41.4 Å². The number of carbonyl (C=O) groups is 2. The summed E-state index contributed by atoms with van der Waals surface area (Å²) in [6.45, 7) is 5.98. The summed E-state index contributed by atoms with van der Waals surface area (Å²) in [4.78, 5) is 27.5. The van der Waals surface area contributed by atoms with Crippen molar-refractivity contribution in [3.05, 3.63) is 33.7 Å². The van der Waals surface area contributed by atoms with E-state index in [4.69, 9.17) is 0 Å². The summed E-state index contributed by atoms with van der Waals surface area (Å²) in [5.74, 6) is -0.322. The van der Waals surface area contributed by atoms with E-state index < -0.39 is 0 Å². The Morgan fingerprint density at radius 2 is 1.95 bits per heavy atom. The van der Waals surface area contributed by atoms with Gasteiger partial charge in [0.25, 0.3) is 5.91 Å². The van der Waals surface area contributed by atoms with Crippen LogP contribution in [0.5, 0.6) is 0 Å². The van der Waals surface area contributed by atoms with Crippen molar-refractivity contribution in [2.24, 2.45) is 0 Å². The first-order chi connectivity index (χ1) is 9.90. The van der Waals surface area contributed by atoms with Gasteiger partial charge < -0.3 is 10.6 Å². The van der Waals surface area contributed by atoms with Gasteiger partial charge in [-0.25, -0.2) is 4.98 Å². The van der Waals surface area contributed by atoms with Crippen LogP contribution in [0, 0.1) is 13.8 Å². The van der Waals surface area contributed by atoms with Crippen LogP contribution in [0.15, 0.2) is 16.7 Å². The third-order valence-corrected chi connectivity index (χ3v) is 3.57. The Kier molecular flexibility index (Phi) is 4.62. The van der Waals surface area contributed by atoms with Gasteiger partial charge >= 0.3 is 0 Å². The van der Waals surface area contributed by atoms with Gasteiger partial charge in [-0.3, -0.25) is 14.0 Å². The fraction of sp³-hybridized carbons (Fsp3) is 0.357. The molecule has 2 heterocycles. The van der Waals surface area contributed by atoms with Crippen molar-refractivity contribution in [1.29, 1.82) is 0 Å². The van der Waals surface area contributed by atoms with E-state index in [0.29, 0.717) is 30.1 Å². The zero-order valence-corrected chi connectivity index (χ0v) is 13.7. The lowest BCUT2D eigenvalue weighted by molar-refractivity contribution is -0.118. The van der Waals surface area contributed by atoms with Gasteiger partial charge in [0.05, 0.1) is 10.2 Å². The van der Waals surface area contributed by atoms with Crippen molar-refractivity contribution in [2.45, 2.75) is 20.8 Å². The average Bonchev–Trinajstić information content (AvgIpc) is 2.71. The van der Waals surface area contributed by atoms with Crippen LogP contribution < -0.4 is 10.6 Å². The Balaban J connectivity index is 2.23. The van der Waals surface area contributed by atoms with Crippen molar-refractivity contribution in [3.8, 4) is 0 Å². The smallest absolute Gasteiger partial charge is 0.270 e. The second-order valence-corrected chi connectivity index (χ2v) is 5.70. The van der Waals surface area contributed by atoms with E-state index in [9.17, 15) is 9.59 Å². The van der Waals surface area contributed by atoms with Gasteiger partial charge in [-0.2, -0.15) is 0 Å². The van der Waals surface area contributed by atoms with E-state index >= 15 is 0 Å². The molecule has 2 aromatic heterocycles. The van der Waals surface area contributed by atoms with Crippen molar-refractivity contribution in [2.75, 3.05) is 13.1 Å². The molecule has 0 atom stereocenters. The number of aryl methyl sites for hydroxylation is 2. The van der Waals surface area contributed by atoms with E-state index in [0.717, 1.165) is 10.0 Å². The lowest BCUT2D eigenvalue weighted by Crippen LogP contribution is -2.34. The third-order valence-electron chi connectivity index (χ3n) is 2.99. The Morgan fingerprint density at radius 3 is 2.62 bits per heavy atom. The van der Waals surface area contributed by atoms with Gasteiger partial charge in [0, 0.05) is 26.2 Å². The summed E-state index contributed by atoms with van der Waals surface area (Å²) in [5, 5.41) is 5.42. The van der Waals surface area contributed by atoms with Crippen LogP contribution in [0.2, 0.25) is 0 Å². The lowest BCUT2D eigenvalue weighted by atomic mass is 10.3. The maximum absolute atomic E-state index is 12.3. The predicted molar refractivity (Wildman–Crippen MR) is 83.4 cm³/mol. The Labute approximate surface area is 131 Å². The normalized spacial score (nSPS) is 10.7. The molecule has 2 amide bonds. The van der Waals surface area contributed by atoms with Crippen LogP contribution in [0.25, 0.3) is 5.65 Å². The van der Waals surface area contributed by atoms with Crippen molar-refractivity contribution in [3.63, 3.8) is 0 Å². The van der Waals surface area contributed by atoms with Crippen LogP contribution in [0.1, 0.15) is 28.7 Å². The largest absolute Gasteiger partial charge is 0.355 e. The summed E-state index contributed by atoms with van der Waals surface area (Å²) in [6.07, 6.45) is 1.88. The Morgan fingerprint density at radius 1 is 1.29 bits per heavy atom. The molecule has 0 bridgehead atoms. The molecule has 0 aliphatic rings. The number of imidazole rings is 1. The van der Waals surface area contributed by atoms with E-state index in [1.54, 1.807) is 11.3 Å². The second-order valence-electron chi connectivity index (χ2n) is 4.84. The van der Waals surface area contributed by atoms with Gasteiger partial charge in [0.1, 0.15) is 5.69 Å². The zero-order valence-electron chi connectivity index (χ0n) is 12.2. The van der Waals surface area contributed by atoms with Crippen LogP contribution in [-0.2, 0) is 4.79 Å². The SMILES string of the molecule is CC(=O)NCCNC(=O)c1c(C)nc2c(Br)cc(C)cn12. The van der Waals surface area contributed by atoms with Gasteiger partial charge in [-0.1, -0.05) is 0 Å². The number of fused-ring (bicyclic) bond motifs is 1. The van der Waals surface area contributed by atoms with Crippen molar-refractivity contribution >= 4 is 33.4 Å². The number of hydrogen-bond acceptors (Lipinski definition) is 3. The van der Waals surface area contributed by atoms with Gasteiger partial charge in [-0.15, -0.1) is 0 Å². The number of amides is 2. The van der Waals surface area contributed by atoms with Gasteiger partial charge in [0.15, 0.2) is 5.65 Å². The minimum Gasteiger partial charge on any atom is -0.355 e. The Hall–Kier alpha value is -1.89. The monoisotopic (exact) mass is 352 g/mol. The first-order valence-corrected chi connectivity index (χ1v) is 7.37. The molecular weight excluding hydrogens is 336 g/mol. The molecule has 0 aliphatic carbocycles. The molecule has 0 spiro atoms. The number of halogens is 1. The number of aromatic nitrogens is 2. The zero-order chi connectivity index (χ0) is 15.6. The molecule has 2 N–H and O–H groups in total. The second kappa shape index (κ2) is 6.26. The first kappa shape index (κ1) is 15.5. The number of rotatable bonds is 4. The molecule has 0 unspecified atom stereocenters. The maximum Gasteiger partial charge on any atom is 0.270 e. The highest BCUT2D eigenvalue weighted by Crippen LogP contribution is 2.22. The molecule has 0 aliphatic heterocycles. The van der Waals surface area contributed by atoms with E-state index in [1.807, 2.05) is 19.2 Å². The molecule has 7 heteroatoms. The van der Waals surface area contributed by atoms with E-state index in [2.05, 4.69) is 31.5 Å². The molecular formula is C14H17BrN4O2. The molecule has 0 fully saturated rings. The standard InChI is InChI=1S/C14H17BrN4O2/c1-8-6-11(15)13-18-9(2)12(19(13)7-8)14(21)17-5-4-16-10(3)20/h6-7H,4-5H2,1-3H3,(H,16,20)(H,17,21). The number of hydrogen-bond donors (Lipinski definition) is 2. The summed E-state index contributed by atoms with van der Waals surface area (Å²) in [5.41, 5.74) is 2.92. The summed E-state index contributed by atoms with van der Waals surface area (Å²) in [7, 11) is 0. The van der Waals surface area contributed by atoms with E-state index in [1.165, 1.54) is 6.92 Å². The van der Waals surface area contributed by atoms with Gasteiger partial charge in [0.2, 0.25) is 5.91 Å². The number of carbonyl (C=O) groups excluding carboxylic acids is 2. The van der Waals surface area contributed by atoms with Crippen LogP contribution >= 0.6 is 15.9 Å². The Bertz CT molecular complexity index is 709. The molecule has 0 radical (unpaired) electrons. The number of nitrogens with one attached hydrogen (secondary N) is 2. The fourth-order valence-electron chi connectivity index (χ4n) is 2.12. The molecule has 6 nitrogen and oxygen atoms in total. The molecule has 0 saturated carbocycles. The molecule has 2 aromatic rings. The maximum atomic E-state index is 12.3. The highest BCUT2D eigenvalue weighted by Gasteiger charge is 2.17. The van der Waals surface area contributed by atoms with Crippen molar-refractivity contribution < 1.29 is 9.59 Å². The topological polar surface area (TPSA) is 75.5 Å². The first-order valence-electron chi connectivity index (χ1n) is 6.57. The van der Waals surface area contributed by atoms with Crippen LogP contribution in [0.3, 0.4) is 0 Å². The van der Waals surface area contributed by atoms with E-state index in [-0.39, 0.29) is 11.8 Å². The number of pyridine rings is 1. The lowest BCUT2D eigenvalue weighted by Gasteiger charge is -2.07. The minimum atomic E-state index is -0.206. The molecule has 0 saturated heterocycles. The number of nitrogens with zero attached hydrogens (tertiary/aromatic N) is 2. The summed E-state index contributed by atoms with van der Waals surface area (Å²) in [6, 6.07) is 1.96. The average molecular weight is 353 g/mol. The molecule has 21 heavy (non-hydrogen) atoms.